The lowest BCUT2D eigenvalue weighted by Crippen LogP contribution is -2.36. The maximum Gasteiger partial charge on any atom is 0.253 e. The first-order chi connectivity index (χ1) is 13.3. The highest BCUT2D eigenvalue weighted by molar-refractivity contribution is 5.94. The van der Waals surface area contributed by atoms with Gasteiger partial charge in [-0.15, -0.1) is 0 Å². The Bertz CT molecular complexity index is 949. The van der Waals surface area contributed by atoms with Gasteiger partial charge in [0.05, 0.1) is 6.04 Å². The van der Waals surface area contributed by atoms with Crippen LogP contribution in [0.2, 0.25) is 0 Å². The van der Waals surface area contributed by atoms with E-state index in [1.807, 2.05) is 0 Å². The molecule has 2 amide bonds. The van der Waals surface area contributed by atoms with Crippen molar-refractivity contribution in [2.24, 2.45) is 11.8 Å². The van der Waals surface area contributed by atoms with E-state index in [-0.39, 0.29) is 41.1 Å². The third-order valence-corrected chi connectivity index (χ3v) is 5.71. The third-order valence-electron chi connectivity index (χ3n) is 5.71. The van der Waals surface area contributed by atoms with Gasteiger partial charge in [-0.2, -0.15) is 0 Å². The summed E-state index contributed by atoms with van der Waals surface area (Å²) in [4.78, 5) is 28.2. The predicted octanol–water partition coefficient (Wildman–Crippen LogP) is 3.40. The maximum atomic E-state index is 13.8. The monoisotopic (exact) mass is 388 g/mol. The van der Waals surface area contributed by atoms with Crippen LogP contribution in [0.25, 0.3) is 0 Å². The molecule has 28 heavy (non-hydrogen) atoms. The highest BCUT2D eigenvalue weighted by Gasteiger charge is 2.49. The third kappa shape index (κ3) is 3.15. The summed E-state index contributed by atoms with van der Waals surface area (Å²) in [6.07, 6.45) is 0. The number of hydrogen-bond donors (Lipinski definition) is 0. The van der Waals surface area contributed by atoms with Crippen molar-refractivity contribution in [2.75, 3.05) is 19.6 Å². The fourth-order valence-corrected chi connectivity index (χ4v) is 4.46. The fraction of sp³-hybridized carbons (Fsp3) is 0.333. The first kappa shape index (κ1) is 18.5. The molecule has 3 atom stereocenters. The lowest BCUT2D eigenvalue weighted by Gasteiger charge is -2.29. The number of amides is 2. The minimum absolute atomic E-state index is 0.0417. The predicted molar refractivity (Wildman–Crippen MR) is 95.8 cm³/mol. The van der Waals surface area contributed by atoms with Gasteiger partial charge in [0.2, 0.25) is 5.91 Å². The van der Waals surface area contributed by atoms with Gasteiger partial charge >= 0.3 is 0 Å². The molecule has 2 saturated heterocycles. The van der Waals surface area contributed by atoms with Crippen molar-refractivity contribution >= 4 is 11.8 Å². The van der Waals surface area contributed by atoms with Crippen LogP contribution >= 0.6 is 0 Å². The second-order valence-corrected chi connectivity index (χ2v) is 7.43. The summed E-state index contributed by atoms with van der Waals surface area (Å²) in [7, 11) is 0. The minimum atomic E-state index is -1.06. The Morgan fingerprint density at radius 2 is 1.75 bits per heavy atom. The molecule has 2 fully saturated rings. The fourth-order valence-electron chi connectivity index (χ4n) is 4.46. The van der Waals surface area contributed by atoms with Gasteiger partial charge < -0.3 is 9.80 Å². The highest BCUT2D eigenvalue weighted by Crippen LogP contribution is 2.45. The molecule has 0 N–H and O–H groups in total. The van der Waals surface area contributed by atoms with Crippen LogP contribution < -0.4 is 0 Å². The molecule has 146 valence electrons. The molecule has 2 aromatic rings. The summed E-state index contributed by atoms with van der Waals surface area (Å²) >= 11 is 0. The molecule has 2 aromatic carbocycles. The molecule has 0 radical (unpaired) electrons. The lowest BCUT2D eigenvalue weighted by molar-refractivity contribution is -0.130. The summed E-state index contributed by atoms with van der Waals surface area (Å²) in [5, 5.41) is 0. The van der Waals surface area contributed by atoms with Gasteiger partial charge in [-0.3, -0.25) is 9.59 Å². The number of hydrogen-bond acceptors (Lipinski definition) is 2. The number of fused-ring (bicyclic) bond motifs is 1. The first-order valence-electron chi connectivity index (χ1n) is 9.12. The Morgan fingerprint density at radius 1 is 0.964 bits per heavy atom. The van der Waals surface area contributed by atoms with E-state index in [2.05, 4.69) is 0 Å². The van der Waals surface area contributed by atoms with E-state index in [0.29, 0.717) is 25.2 Å². The van der Waals surface area contributed by atoms with Gasteiger partial charge in [-0.1, -0.05) is 12.1 Å². The van der Waals surface area contributed by atoms with Crippen LogP contribution in [0.5, 0.6) is 0 Å². The Labute approximate surface area is 160 Å². The van der Waals surface area contributed by atoms with Crippen LogP contribution in [0.3, 0.4) is 0 Å². The van der Waals surface area contributed by atoms with E-state index in [4.69, 9.17) is 0 Å². The van der Waals surface area contributed by atoms with Crippen LogP contribution in [0.4, 0.5) is 13.2 Å². The van der Waals surface area contributed by atoms with Crippen LogP contribution in [-0.4, -0.2) is 41.2 Å². The van der Waals surface area contributed by atoms with Crippen LogP contribution in [0.1, 0.15) is 28.9 Å². The summed E-state index contributed by atoms with van der Waals surface area (Å²) in [5.74, 6) is -2.91. The number of benzene rings is 2. The van der Waals surface area contributed by atoms with E-state index < -0.39 is 11.6 Å². The van der Waals surface area contributed by atoms with Gasteiger partial charge in [0.25, 0.3) is 5.91 Å². The zero-order valence-electron chi connectivity index (χ0n) is 15.2. The number of rotatable bonds is 2. The van der Waals surface area contributed by atoms with E-state index in [1.54, 1.807) is 21.9 Å². The van der Waals surface area contributed by atoms with Crippen LogP contribution in [0.15, 0.2) is 42.5 Å². The largest absolute Gasteiger partial charge is 0.338 e. The van der Waals surface area contributed by atoms with Gasteiger partial charge in [0.1, 0.15) is 5.82 Å². The summed E-state index contributed by atoms with van der Waals surface area (Å²) < 4.78 is 40.4. The van der Waals surface area contributed by atoms with Gasteiger partial charge in [0, 0.05) is 44.0 Å². The number of carbonyl (C=O) groups is 2. The molecule has 2 aliphatic heterocycles. The van der Waals surface area contributed by atoms with Gasteiger partial charge in [-0.05, 0) is 35.9 Å². The smallest absolute Gasteiger partial charge is 0.253 e. The normalized spacial score (nSPS) is 23.8. The standard InChI is InChI=1S/C21H19F3N2O2/c1-12(27)26-10-15-9-25(21(28)14-5-6-18(23)19(24)8-14)11-17(15)20(26)13-3-2-4-16(22)7-13/h2-8,15,17,20H,9-11H2,1H3/t15-,17-,20+/m1/s1. The average molecular weight is 388 g/mol. The summed E-state index contributed by atoms with van der Waals surface area (Å²) in [5.41, 5.74) is 0.787. The number of likely N-dealkylation sites (tertiary alicyclic amines) is 2. The van der Waals surface area contributed by atoms with Gasteiger partial charge in [0.15, 0.2) is 11.6 Å². The number of halogens is 3. The Balaban J connectivity index is 1.60. The molecular formula is C21H19F3N2O2. The maximum absolute atomic E-state index is 13.8. The highest BCUT2D eigenvalue weighted by atomic mass is 19.2. The van der Waals surface area contributed by atoms with Crippen molar-refractivity contribution < 1.29 is 22.8 Å². The number of nitrogens with zero attached hydrogens (tertiary/aromatic N) is 2. The van der Waals surface area contributed by atoms with Crippen molar-refractivity contribution in [2.45, 2.75) is 13.0 Å². The second-order valence-electron chi connectivity index (χ2n) is 7.43. The van der Waals surface area contributed by atoms with Crippen LogP contribution in [0, 0.1) is 29.3 Å². The Morgan fingerprint density at radius 3 is 2.43 bits per heavy atom. The average Bonchev–Trinajstić information content (AvgIpc) is 3.21. The van der Waals surface area contributed by atoms with E-state index in [0.717, 1.165) is 12.1 Å². The molecule has 0 spiro atoms. The zero-order valence-corrected chi connectivity index (χ0v) is 15.2. The molecule has 4 nitrogen and oxygen atoms in total. The molecule has 0 bridgehead atoms. The van der Waals surface area contributed by atoms with E-state index in [9.17, 15) is 22.8 Å². The van der Waals surface area contributed by atoms with Crippen LogP contribution in [-0.2, 0) is 4.79 Å². The molecule has 7 heteroatoms. The van der Waals surface area contributed by atoms with Crippen molar-refractivity contribution in [1.29, 1.82) is 0 Å². The van der Waals surface area contributed by atoms with E-state index >= 15 is 0 Å². The van der Waals surface area contributed by atoms with Crippen molar-refractivity contribution in [3.8, 4) is 0 Å². The first-order valence-corrected chi connectivity index (χ1v) is 9.12. The SMILES string of the molecule is CC(=O)N1C[C@H]2CN(C(=O)c3ccc(F)c(F)c3)C[C@H]2[C@@H]1c1cccc(F)c1. The Kier molecular flexibility index (Phi) is 4.61. The van der Waals surface area contributed by atoms with Crippen molar-refractivity contribution in [3.63, 3.8) is 0 Å². The van der Waals surface area contributed by atoms with Crippen molar-refractivity contribution in [3.05, 3.63) is 71.0 Å². The van der Waals surface area contributed by atoms with Crippen molar-refractivity contribution in [1.82, 2.24) is 9.80 Å². The van der Waals surface area contributed by atoms with E-state index in [1.165, 1.54) is 25.1 Å². The molecule has 0 unspecified atom stereocenters. The lowest BCUT2D eigenvalue weighted by atomic mass is 9.89. The second kappa shape index (κ2) is 6.96. The molecule has 2 heterocycles. The summed E-state index contributed by atoms with van der Waals surface area (Å²) in [6, 6.07) is 8.94. The summed E-state index contributed by atoms with van der Waals surface area (Å²) in [6.45, 7) is 2.74. The molecule has 0 aliphatic carbocycles. The quantitative estimate of drug-likeness (QED) is 0.791. The Hall–Kier alpha value is -2.83. The minimum Gasteiger partial charge on any atom is -0.338 e. The van der Waals surface area contributed by atoms with Gasteiger partial charge in [-0.25, -0.2) is 13.2 Å². The molecular weight excluding hydrogens is 369 g/mol. The molecule has 0 aromatic heterocycles. The molecule has 4 rings (SSSR count). The topological polar surface area (TPSA) is 40.6 Å². The molecule has 0 saturated carbocycles. The number of carbonyl (C=O) groups excluding carboxylic acids is 2. The molecule has 2 aliphatic rings. The zero-order chi connectivity index (χ0) is 20.0.